The summed E-state index contributed by atoms with van der Waals surface area (Å²) in [5.41, 5.74) is 4.36. The zero-order valence-electron chi connectivity index (χ0n) is 9.96. The molecule has 1 aromatic heterocycles. The van der Waals surface area contributed by atoms with Crippen LogP contribution >= 0.6 is 0 Å². The number of ether oxygens (including phenoxy) is 1. The number of aliphatic hydroxyl groups is 1. The zero-order chi connectivity index (χ0) is 13.4. The van der Waals surface area contributed by atoms with Crippen LogP contribution in [0.15, 0.2) is 11.1 Å². The molecule has 1 aromatic rings. The van der Waals surface area contributed by atoms with Gasteiger partial charge in [-0.05, 0) is 0 Å². The fourth-order valence-electron chi connectivity index (χ4n) is 1.73. The highest BCUT2D eigenvalue weighted by atomic mass is 32.2. The normalized spacial score (nSPS) is 24.6. The summed E-state index contributed by atoms with van der Waals surface area (Å²) >= 11 is 0. The Balaban J connectivity index is 2.10. The Morgan fingerprint density at radius 3 is 2.94 bits per heavy atom. The van der Waals surface area contributed by atoms with Gasteiger partial charge in [-0.3, -0.25) is 4.68 Å². The van der Waals surface area contributed by atoms with E-state index in [9.17, 15) is 13.5 Å². The monoisotopic (exact) mass is 276 g/mol. The second-order valence-corrected chi connectivity index (χ2v) is 6.14. The van der Waals surface area contributed by atoms with Crippen LogP contribution in [0.4, 0.5) is 5.82 Å². The van der Waals surface area contributed by atoms with Gasteiger partial charge in [0.25, 0.3) is 0 Å². The number of nitrogens with zero attached hydrogens (tertiary/aromatic N) is 2. The SMILES string of the molecule is Cn1cc(S(=O)(=O)NCC2(O)CCOC2)c(N)n1. The Morgan fingerprint density at radius 1 is 1.72 bits per heavy atom. The van der Waals surface area contributed by atoms with Gasteiger partial charge in [0, 0.05) is 32.8 Å². The van der Waals surface area contributed by atoms with Gasteiger partial charge in [-0.25, -0.2) is 13.1 Å². The van der Waals surface area contributed by atoms with Crippen molar-refractivity contribution < 1.29 is 18.3 Å². The quantitative estimate of drug-likeness (QED) is 0.611. The molecule has 1 fully saturated rings. The number of aryl methyl sites for hydroxylation is 1. The van der Waals surface area contributed by atoms with E-state index in [-0.39, 0.29) is 23.9 Å². The highest BCUT2D eigenvalue weighted by Gasteiger charge is 2.34. The summed E-state index contributed by atoms with van der Waals surface area (Å²) in [5.74, 6) is -0.0698. The van der Waals surface area contributed by atoms with Gasteiger partial charge in [-0.1, -0.05) is 0 Å². The highest BCUT2D eigenvalue weighted by Crippen LogP contribution is 2.19. The van der Waals surface area contributed by atoms with Gasteiger partial charge in [-0.15, -0.1) is 0 Å². The molecule has 0 amide bonds. The smallest absolute Gasteiger partial charge is 0.245 e. The molecule has 0 bridgehead atoms. The Kier molecular flexibility index (Phi) is 3.32. The number of rotatable bonds is 4. The molecule has 0 spiro atoms. The number of anilines is 1. The topological polar surface area (TPSA) is 119 Å². The average Bonchev–Trinajstić information content (AvgIpc) is 2.84. The van der Waals surface area contributed by atoms with E-state index in [4.69, 9.17) is 10.5 Å². The van der Waals surface area contributed by atoms with E-state index in [1.165, 1.54) is 10.9 Å². The number of nitrogen functional groups attached to an aromatic ring is 1. The van der Waals surface area contributed by atoms with Gasteiger partial charge < -0.3 is 15.6 Å². The lowest BCUT2D eigenvalue weighted by Gasteiger charge is -2.20. The molecule has 9 heteroatoms. The Labute approximate surface area is 105 Å². The molecule has 1 atom stereocenters. The van der Waals surface area contributed by atoms with E-state index in [1.807, 2.05) is 0 Å². The van der Waals surface area contributed by atoms with Crippen molar-refractivity contribution in [2.75, 3.05) is 25.5 Å². The maximum Gasteiger partial charge on any atom is 0.245 e. The van der Waals surface area contributed by atoms with E-state index in [1.54, 1.807) is 7.05 Å². The fraction of sp³-hybridized carbons (Fsp3) is 0.667. The van der Waals surface area contributed by atoms with Crippen molar-refractivity contribution in [3.05, 3.63) is 6.20 Å². The van der Waals surface area contributed by atoms with E-state index >= 15 is 0 Å². The molecule has 4 N–H and O–H groups in total. The lowest BCUT2D eigenvalue weighted by atomic mass is 10.1. The van der Waals surface area contributed by atoms with Crippen LogP contribution in [0, 0.1) is 0 Å². The minimum atomic E-state index is -3.77. The second-order valence-electron chi connectivity index (χ2n) is 4.40. The van der Waals surface area contributed by atoms with Crippen LogP contribution in [0.1, 0.15) is 6.42 Å². The summed E-state index contributed by atoms with van der Waals surface area (Å²) in [6, 6.07) is 0. The third-order valence-corrected chi connectivity index (χ3v) is 4.20. The molecule has 1 aliphatic heterocycles. The van der Waals surface area contributed by atoms with Crippen LogP contribution in [0.3, 0.4) is 0 Å². The molecule has 2 rings (SSSR count). The molecule has 1 unspecified atom stereocenters. The lowest BCUT2D eigenvalue weighted by Crippen LogP contribution is -2.43. The molecule has 1 aliphatic rings. The van der Waals surface area contributed by atoms with Crippen LogP contribution in [0.25, 0.3) is 0 Å². The van der Waals surface area contributed by atoms with E-state index in [2.05, 4.69) is 9.82 Å². The van der Waals surface area contributed by atoms with Crippen LogP contribution in [0.2, 0.25) is 0 Å². The first-order chi connectivity index (χ1) is 8.32. The summed E-state index contributed by atoms with van der Waals surface area (Å²) in [4.78, 5) is -0.0903. The van der Waals surface area contributed by atoms with Gasteiger partial charge in [0.2, 0.25) is 10.0 Å². The van der Waals surface area contributed by atoms with Crippen molar-refractivity contribution in [2.45, 2.75) is 16.9 Å². The highest BCUT2D eigenvalue weighted by molar-refractivity contribution is 7.89. The summed E-state index contributed by atoms with van der Waals surface area (Å²) in [6.45, 7) is 0.439. The van der Waals surface area contributed by atoms with Crippen LogP contribution in [0.5, 0.6) is 0 Å². The van der Waals surface area contributed by atoms with Crippen molar-refractivity contribution in [1.82, 2.24) is 14.5 Å². The van der Waals surface area contributed by atoms with E-state index in [0.29, 0.717) is 13.0 Å². The molecule has 1 saturated heterocycles. The van der Waals surface area contributed by atoms with Crippen LogP contribution < -0.4 is 10.5 Å². The fourth-order valence-corrected chi connectivity index (χ4v) is 2.96. The number of nitrogens with two attached hydrogens (primary N) is 1. The molecular formula is C9H16N4O4S. The van der Waals surface area contributed by atoms with Gasteiger partial charge in [0.1, 0.15) is 10.5 Å². The number of nitrogens with one attached hydrogen (secondary N) is 1. The third-order valence-electron chi connectivity index (χ3n) is 2.79. The van der Waals surface area contributed by atoms with Crippen molar-refractivity contribution in [3.63, 3.8) is 0 Å². The van der Waals surface area contributed by atoms with Crippen molar-refractivity contribution in [1.29, 1.82) is 0 Å². The van der Waals surface area contributed by atoms with Gasteiger partial charge in [0.05, 0.1) is 6.61 Å². The molecule has 0 radical (unpaired) electrons. The molecule has 2 heterocycles. The third kappa shape index (κ3) is 2.64. The summed E-state index contributed by atoms with van der Waals surface area (Å²) in [5, 5.41) is 13.7. The van der Waals surface area contributed by atoms with Crippen molar-refractivity contribution >= 4 is 15.8 Å². The zero-order valence-corrected chi connectivity index (χ0v) is 10.8. The first-order valence-electron chi connectivity index (χ1n) is 5.41. The predicted octanol–water partition coefficient (Wildman–Crippen LogP) is -1.57. The number of hydrogen-bond donors (Lipinski definition) is 3. The van der Waals surface area contributed by atoms with Crippen LogP contribution in [-0.2, 0) is 21.8 Å². The van der Waals surface area contributed by atoms with Gasteiger partial charge >= 0.3 is 0 Å². The summed E-state index contributed by atoms with van der Waals surface area (Å²) < 4.78 is 32.6. The predicted molar refractivity (Wildman–Crippen MR) is 63.2 cm³/mol. The number of hydrogen-bond acceptors (Lipinski definition) is 6. The Bertz CT molecular complexity index is 533. The molecule has 0 saturated carbocycles. The Hall–Kier alpha value is -1.16. The maximum absolute atomic E-state index is 12.0. The lowest BCUT2D eigenvalue weighted by molar-refractivity contribution is 0.0314. The van der Waals surface area contributed by atoms with Crippen molar-refractivity contribution in [3.8, 4) is 0 Å². The minimum absolute atomic E-state index is 0.0698. The van der Waals surface area contributed by atoms with Gasteiger partial charge in [0.15, 0.2) is 5.82 Å². The molecular weight excluding hydrogens is 260 g/mol. The summed E-state index contributed by atoms with van der Waals surface area (Å²) in [6.07, 6.45) is 1.71. The first kappa shape index (κ1) is 13.3. The van der Waals surface area contributed by atoms with Crippen LogP contribution in [-0.4, -0.2) is 48.7 Å². The van der Waals surface area contributed by atoms with Gasteiger partial charge in [-0.2, -0.15) is 5.10 Å². The van der Waals surface area contributed by atoms with Crippen molar-refractivity contribution in [2.24, 2.45) is 7.05 Å². The first-order valence-corrected chi connectivity index (χ1v) is 6.90. The molecule has 18 heavy (non-hydrogen) atoms. The minimum Gasteiger partial charge on any atom is -0.386 e. The molecule has 8 nitrogen and oxygen atoms in total. The summed E-state index contributed by atoms with van der Waals surface area (Å²) in [7, 11) is -2.19. The molecule has 102 valence electrons. The largest absolute Gasteiger partial charge is 0.386 e. The number of sulfonamides is 1. The average molecular weight is 276 g/mol. The maximum atomic E-state index is 12.0. The second kappa shape index (κ2) is 4.50. The van der Waals surface area contributed by atoms with E-state index in [0.717, 1.165) is 0 Å². The molecule has 0 aromatic carbocycles. The molecule has 0 aliphatic carbocycles. The number of aromatic nitrogens is 2. The standard InChI is InChI=1S/C9H16N4O4S/c1-13-4-7(8(10)12-13)18(15,16)11-5-9(14)2-3-17-6-9/h4,11,14H,2-3,5-6H2,1H3,(H2,10,12). The van der Waals surface area contributed by atoms with E-state index < -0.39 is 15.6 Å². The Morgan fingerprint density at radius 2 is 2.44 bits per heavy atom.